The molecule has 0 saturated heterocycles. The van der Waals surface area contributed by atoms with E-state index in [2.05, 4.69) is 5.32 Å². The lowest BCUT2D eigenvalue weighted by atomic mass is 9.98. The van der Waals surface area contributed by atoms with Gasteiger partial charge in [-0.1, -0.05) is 80.6 Å². The van der Waals surface area contributed by atoms with Crippen molar-refractivity contribution >= 4 is 15.9 Å². The number of carbonyl (C=O) groups is 1. The van der Waals surface area contributed by atoms with Crippen molar-refractivity contribution in [2.24, 2.45) is 0 Å². The summed E-state index contributed by atoms with van der Waals surface area (Å²) in [5, 5.41) is 3.10. The zero-order valence-corrected chi connectivity index (χ0v) is 18.9. The lowest BCUT2D eigenvalue weighted by Crippen LogP contribution is -2.32. The number of sulfonamides is 1. The molecule has 6 heteroatoms. The smallest absolute Gasteiger partial charge is 0.252 e. The molecule has 5 nitrogen and oxygen atoms in total. The van der Waals surface area contributed by atoms with E-state index >= 15 is 0 Å². The Balaban J connectivity index is 1.98. The molecule has 31 heavy (non-hydrogen) atoms. The number of nitrogens with zero attached hydrogens (tertiary/aromatic N) is 1. The van der Waals surface area contributed by atoms with E-state index in [1.54, 1.807) is 26.0 Å². The summed E-state index contributed by atoms with van der Waals surface area (Å²) in [7, 11) is -3.65. The maximum atomic E-state index is 13.3. The number of carbonyl (C=O) groups excluding carboxylic acids is 1. The van der Waals surface area contributed by atoms with Crippen LogP contribution in [0.4, 0.5) is 0 Å². The second kappa shape index (κ2) is 9.90. The predicted molar refractivity (Wildman–Crippen MR) is 123 cm³/mol. The fourth-order valence-corrected chi connectivity index (χ4v) is 5.06. The lowest BCUT2D eigenvalue weighted by molar-refractivity contribution is 0.0942. The van der Waals surface area contributed by atoms with E-state index in [0.717, 1.165) is 16.7 Å². The third kappa shape index (κ3) is 5.03. The van der Waals surface area contributed by atoms with Crippen molar-refractivity contribution in [2.75, 3.05) is 13.1 Å². The predicted octanol–water partition coefficient (Wildman–Crippen LogP) is 4.54. The number of aryl methyl sites for hydroxylation is 1. The minimum Gasteiger partial charge on any atom is -0.341 e. The Bertz CT molecular complexity index is 1090. The average molecular weight is 437 g/mol. The highest BCUT2D eigenvalue weighted by Crippen LogP contribution is 2.24. The Morgan fingerprint density at radius 2 is 1.39 bits per heavy atom. The molecule has 0 saturated carbocycles. The van der Waals surface area contributed by atoms with Gasteiger partial charge in [0, 0.05) is 18.7 Å². The van der Waals surface area contributed by atoms with Crippen molar-refractivity contribution in [1.29, 1.82) is 0 Å². The molecule has 3 aromatic rings. The fourth-order valence-electron chi connectivity index (χ4n) is 3.58. The zero-order valence-electron chi connectivity index (χ0n) is 18.1. The first-order valence-electron chi connectivity index (χ1n) is 10.4. The molecule has 0 aliphatic carbocycles. The number of hydrogen-bond donors (Lipinski definition) is 1. The maximum absolute atomic E-state index is 13.3. The molecule has 3 aromatic carbocycles. The van der Waals surface area contributed by atoms with Crippen molar-refractivity contribution < 1.29 is 13.2 Å². The van der Waals surface area contributed by atoms with E-state index in [9.17, 15) is 13.2 Å². The van der Waals surface area contributed by atoms with Gasteiger partial charge in [-0.3, -0.25) is 4.79 Å². The van der Waals surface area contributed by atoms with Gasteiger partial charge in [0.15, 0.2) is 0 Å². The first kappa shape index (κ1) is 22.7. The molecule has 0 aromatic heterocycles. The summed E-state index contributed by atoms with van der Waals surface area (Å²) in [6.07, 6.45) is 0. The van der Waals surface area contributed by atoms with Crippen LogP contribution in [0.2, 0.25) is 0 Å². The highest BCUT2D eigenvalue weighted by molar-refractivity contribution is 7.89. The summed E-state index contributed by atoms with van der Waals surface area (Å²) in [6.45, 7) is 6.15. The molecule has 1 N–H and O–H groups in total. The lowest BCUT2D eigenvalue weighted by Gasteiger charge is -2.22. The van der Waals surface area contributed by atoms with Gasteiger partial charge in [0.1, 0.15) is 0 Å². The van der Waals surface area contributed by atoms with Crippen LogP contribution in [0.3, 0.4) is 0 Å². The van der Waals surface area contributed by atoms with Crippen LogP contribution < -0.4 is 5.32 Å². The quantitative estimate of drug-likeness (QED) is 0.564. The average Bonchev–Trinajstić information content (AvgIpc) is 2.79. The molecule has 0 bridgehead atoms. The number of amides is 1. The molecular weight excluding hydrogens is 408 g/mol. The van der Waals surface area contributed by atoms with Gasteiger partial charge in [-0.05, 0) is 35.7 Å². The largest absolute Gasteiger partial charge is 0.341 e. The first-order valence-corrected chi connectivity index (χ1v) is 11.8. The minimum atomic E-state index is -3.65. The molecule has 3 rings (SSSR count). The Morgan fingerprint density at radius 1 is 0.871 bits per heavy atom. The van der Waals surface area contributed by atoms with Crippen LogP contribution in [0.25, 0.3) is 0 Å². The molecule has 1 amide bonds. The molecule has 0 heterocycles. The van der Waals surface area contributed by atoms with Crippen LogP contribution in [0, 0.1) is 6.92 Å². The normalized spacial score (nSPS) is 11.6. The second-order valence-electron chi connectivity index (χ2n) is 7.29. The number of nitrogens with one attached hydrogen (secondary N) is 1. The summed E-state index contributed by atoms with van der Waals surface area (Å²) < 4.78 is 27.3. The molecule has 0 aliphatic rings. The van der Waals surface area contributed by atoms with Gasteiger partial charge < -0.3 is 5.32 Å². The van der Waals surface area contributed by atoms with E-state index in [1.807, 2.05) is 67.6 Å². The highest BCUT2D eigenvalue weighted by atomic mass is 32.2. The number of benzene rings is 3. The van der Waals surface area contributed by atoms with E-state index in [1.165, 1.54) is 10.4 Å². The summed E-state index contributed by atoms with van der Waals surface area (Å²) in [5.41, 5.74) is 2.97. The summed E-state index contributed by atoms with van der Waals surface area (Å²) in [5.74, 6) is -0.313. The molecule has 0 radical (unpaired) electrons. The van der Waals surface area contributed by atoms with Crippen molar-refractivity contribution in [3.05, 3.63) is 101 Å². The minimum absolute atomic E-state index is 0.128. The van der Waals surface area contributed by atoms with Crippen LogP contribution >= 0.6 is 0 Å². The number of rotatable bonds is 8. The Labute approximate surface area is 184 Å². The van der Waals surface area contributed by atoms with Gasteiger partial charge in [-0.2, -0.15) is 4.31 Å². The SMILES string of the molecule is CCN(CC)S(=O)(=O)c1ccc(C)c(C(=O)NC(c2ccccc2)c2ccccc2)c1. The zero-order chi connectivity index (χ0) is 22.4. The van der Waals surface area contributed by atoms with Crippen molar-refractivity contribution in [1.82, 2.24) is 9.62 Å². The highest BCUT2D eigenvalue weighted by Gasteiger charge is 2.24. The van der Waals surface area contributed by atoms with E-state index in [-0.39, 0.29) is 16.8 Å². The van der Waals surface area contributed by atoms with E-state index in [4.69, 9.17) is 0 Å². The summed E-state index contributed by atoms with van der Waals surface area (Å²) in [4.78, 5) is 13.4. The van der Waals surface area contributed by atoms with Gasteiger partial charge in [0.2, 0.25) is 10.0 Å². The summed E-state index contributed by atoms with van der Waals surface area (Å²) >= 11 is 0. The van der Waals surface area contributed by atoms with Gasteiger partial charge in [0.05, 0.1) is 10.9 Å². The van der Waals surface area contributed by atoms with Gasteiger partial charge >= 0.3 is 0 Å². The maximum Gasteiger partial charge on any atom is 0.252 e. The fraction of sp³-hybridized carbons (Fsp3) is 0.240. The molecule has 0 fully saturated rings. The molecule has 0 atom stereocenters. The van der Waals surface area contributed by atoms with E-state index < -0.39 is 10.0 Å². The Kier molecular flexibility index (Phi) is 7.25. The van der Waals surface area contributed by atoms with Crippen LogP contribution in [0.5, 0.6) is 0 Å². The molecular formula is C25H28N2O3S. The third-order valence-electron chi connectivity index (χ3n) is 5.34. The van der Waals surface area contributed by atoms with Crippen LogP contribution in [0.1, 0.15) is 46.9 Å². The number of hydrogen-bond acceptors (Lipinski definition) is 3. The summed E-state index contributed by atoms with van der Waals surface area (Å²) in [6, 6.07) is 23.8. The Hall–Kier alpha value is -2.96. The van der Waals surface area contributed by atoms with Crippen LogP contribution in [-0.2, 0) is 10.0 Å². The van der Waals surface area contributed by atoms with Crippen molar-refractivity contribution in [3.8, 4) is 0 Å². The third-order valence-corrected chi connectivity index (χ3v) is 7.38. The Morgan fingerprint density at radius 3 is 1.87 bits per heavy atom. The van der Waals surface area contributed by atoms with Crippen LogP contribution in [-0.4, -0.2) is 31.7 Å². The molecule has 0 spiro atoms. The van der Waals surface area contributed by atoms with Gasteiger partial charge in [0.25, 0.3) is 5.91 Å². The van der Waals surface area contributed by atoms with E-state index in [0.29, 0.717) is 18.7 Å². The topological polar surface area (TPSA) is 66.5 Å². The molecule has 162 valence electrons. The molecule has 0 aliphatic heterocycles. The van der Waals surface area contributed by atoms with Crippen molar-refractivity contribution in [3.63, 3.8) is 0 Å². The van der Waals surface area contributed by atoms with Crippen molar-refractivity contribution in [2.45, 2.75) is 31.7 Å². The molecule has 0 unspecified atom stereocenters. The standard InChI is InChI=1S/C25H28N2O3S/c1-4-27(5-2)31(29,30)22-17-16-19(3)23(18-22)25(28)26-24(20-12-8-6-9-13-20)21-14-10-7-11-15-21/h6-18,24H,4-5H2,1-3H3,(H,26,28). The second-order valence-corrected chi connectivity index (χ2v) is 9.23. The van der Waals surface area contributed by atoms with Gasteiger partial charge in [-0.25, -0.2) is 8.42 Å². The van der Waals surface area contributed by atoms with Gasteiger partial charge in [-0.15, -0.1) is 0 Å². The monoisotopic (exact) mass is 436 g/mol. The first-order chi connectivity index (χ1) is 14.9. The van der Waals surface area contributed by atoms with Crippen LogP contribution in [0.15, 0.2) is 83.8 Å².